The zero-order valence-electron chi connectivity index (χ0n) is 13.6. The van der Waals surface area contributed by atoms with E-state index in [2.05, 4.69) is 10.8 Å². The maximum atomic E-state index is 12.7. The lowest BCUT2D eigenvalue weighted by molar-refractivity contribution is -0.275. The van der Waals surface area contributed by atoms with E-state index in [-0.39, 0.29) is 17.6 Å². The first kappa shape index (κ1) is 17.0. The van der Waals surface area contributed by atoms with E-state index in [9.17, 15) is 13.2 Å². The molecule has 6 heteroatoms. The molecule has 0 aliphatic heterocycles. The number of rotatable bonds is 7. The number of hydrogen-bond acceptors (Lipinski definition) is 3. The number of benzene rings is 1. The van der Waals surface area contributed by atoms with Crippen LogP contribution >= 0.6 is 0 Å². The Bertz CT molecular complexity index is 602. The summed E-state index contributed by atoms with van der Waals surface area (Å²) >= 11 is 0. The summed E-state index contributed by atoms with van der Waals surface area (Å²) in [4.78, 5) is 0. The summed E-state index contributed by atoms with van der Waals surface area (Å²) in [5.41, 5.74) is 0.294. The van der Waals surface area contributed by atoms with Gasteiger partial charge in [0.1, 0.15) is 12.4 Å². The molecule has 24 heavy (non-hydrogen) atoms. The molecule has 2 aliphatic carbocycles. The van der Waals surface area contributed by atoms with Gasteiger partial charge < -0.3 is 14.2 Å². The summed E-state index contributed by atoms with van der Waals surface area (Å²) in [7, 11) is 0. The Morgan fingerprint density at radius 3 is 2.42 bits per heavy atom. The second kappa shape index (κ2) is 6.95. The summed E-state index contributed by atoms with van der Waals surface area (Å²) < 4.78 is 53.4. The second-order valence-corrected chi connectivity index (χ2v) is 6.31. The van der Waals surface area contributed by atoms with Crippen LogP contribution in [0.3, 0.4) is 0 Å². The van der Waals surface area contributed by atoms with Gasteiger partial charge in [0.05, 0.1) is 6.10 Å². The van der Waals surface area contributed by atoms with E-state index in [1.807, 2.05) is 6.08 Å². The zero-order valence-corrected chi connectivity index (χ0v) is 13.6. The van der Waals surface area contributed by atoms with E-state index < -0.39 is 6.36 Å². The van der Waals surface area contributed by atoms with E-state index in [1.54, 1.807) is 13.0 Å². The molecule has 0 atom stereocenters. The molecule has 0 saturated heterocycles. The lowest BCUT2D eigenvalue weighted by Crippen LogP contribution is -2.19. The first-order valence-electron chi connectivity index (χ1n) is 8.28. The average Bonchev–Trinajstić information content (AvgIpc) is 3.25. The number of allylic oxidation sites excluding steroid dienone is 1. The highest BCUT2D eigenvalue weighted by molar-refractivity contribution is 5.53. The van der Waals surface area contributed by atoms with Crippen molar-refractivity contribution in [1.82, 2.24) is 0 Å². The molecule has 3 rings (SSSR count). The lowest BCUT2D eigenvalue weighted by Gasteiger charge is -2.21. The van der Waals surface area contributed by atoms with Crippen LogP contribution in [-0.4, -0.2) is 19.1 Å². The van der Waals surface area contributed by atoms with Gasteiger partial charge in [-0.2, -0.15) is 0 Å². The summed E-state index contributed by atoms with van der Waals surface area (Å²) in [5, 5.41) is 0. The quantitative estimate of drug-likeness (QED) is 0.640. The van der Waals surface area contributed by atoms with Crippen molar-refractivity contribution in [3.8, 4) is 17.2 Å². The van der Waals surface area contributed by atoms with Crippen molar-refractivity contribution in [2.45, 2.75) is 51.5 Å². The number of alkyl halides is 3. The third-order valence-electron chi connectivity index (χ3n) is 4.25. The summed E-state index contributed by atoms with van der Waals surface area (Å²) in [5.74, 6) is 0.795. The molecule has 1 aromatic rings. The number of halogens is 3. The van der Waals surface area contributed by atoms with Crippen LogP contribution in [0, 0.1) is 12.8 Å². The van der Waals surface area contributed by atoms with Crippen LogP contribution in [0.5, 0.6) is 17.2 Å². The fourth-order valence-corrected chi connectivity index (χ4v) is 2.52. The Hall–Kier alpha value is -1.85. The summed E-state index contributed by atoms with van der Waals surface area (Å²) in [6.45, 7) is 1.87. The van der Waals surface area contributed by atoms with Crippen LogP contribution in [0.2, 0.25) is 0 Å². The largest absolute Gasteiger partial charge is 0.573 e. The predicted octanol–water partition coefficient (Wildman–Crippen LogP) is 5.17. The molecule has 2 saturated carbocycles. The monoisotopic (exact) mass is 342 g/mol. The molecule has 3 nitrogen and oxygen atoms in total. The Morgan fingerprint density at radius 2 is 1.83 bits per heavy atom. The van der Waals surface area contributed by atoms with Gasteiger partial charge in [-0.3, -0.25) is 0 Å². The van der Waals surface area contributed by atoms with Gasteiger partial charge in [0, 0.05) is 5.56 Å². The predicted molar refractivity (Wildman–Crippen MR) is 83.5 cm³/mol. The average molecular weight is 342 g/mol. The van der Waals surface area contributed by atoms with Crippen molar-refractivity contribution < 1.29 is 27.4 Å². The van der Waals surface area contributed by atoms with E-state index in [0.29, 0.717) is 23.8 Å². The first-order valence-corrected chi connectivity index (χ1v) is 8.28. The SMILES string of the molecule is Cc1c(OC/C=C/C2CCC2)ccc(OC2CC2)c1OC(F)(F)F. The molecular weight excluding hydrogens is 321 g/mol. The minimum atomic E-state index is -4.77. The fourth-order valence-electron chi connectivity index (χ4n) is 2.52. The molecule has 0 spiro atoms. The van der Waals surface area contributed by atoms with Gasteiger partial charge in [-0.1, -0.05) is 18.6 Å². The molecule has 2 fully saturated rings. The van der Waals surface area contributed by atoms with Gasteiger partial charge in [0.25, 0.3) is 0 Å². The molecule has 0 unspecified atom stereocenters. The Kier molecular flexibility index (Phi) is 4.92. The van der Waals surface area contributed by atoms with Gasteiger partial charge in [0.15, 0.2) is 11.5 Å². The van der Waals surface area contributed by atoms with Gasteiger partial charge >= 0.3 is 6.36 Å². The van der Waals surface area contributed by atoms with Gasteiger partial charge in [-0.25, -0.2) is 0 Å². The summed E-state index contributed by atoms with van der Waals surface area (Å²) in [6, 6.07) is 3.12. The van der Waals surface area contributed by atoms with Crippen LogP contribution in [-0.2, 0) is 0 Å². The van der Waals surface area contributed by atoms with Crippen molar-refractivity contribution in [3.63, 3.8) is 0 Å². The molecule has 0 bridgehead atoms. The van der Waals surface area contributed by atoms with E-state index in [4.69, 9.17) is 9.47 Å². The zero-order chi connectivity index (χ0) is 17.2. The van der Waals surface area contributed by atoms with E-state index >= 15 is 0 Å². The Labute approximate surface area is 139 Å². The second-order valence-electron chi connectivity index (χ2n) is 6.31. The molecule has 0 aromatic heterocycles. The van der Waals surface area contributed by atoms with Crippen LogP contribution in [0.4, 0.5) is 13.2 Å². The maximum Gasteiger partial charge on any atom is 0.573 e. The molecule has 0 amide bonds. The van der Waals surface area contributed by atoms with E-state index in [0.717, 1.165) is 12.8 Å². The van der Waals surface area contributed by atoms with Crippen molar-refractivity contribution in [1.29, 1.82) is 0 Å². The third-order valence-corrected chi connectivity index (χ3v) is 4.25. The van der Waals surface area contributed by atoms with Crippen molar-refractivity contribution in [2.24, 2.45) is 5.92 Å². The highest BCUT2D eigenvalue weighted by Crippen LogP contribution is 2.42. The minimum Gasteiger partial charge on any atom is -0.489 e. The topological polar surface area (TPSA) is 27.7 Å². The highest BCUT2D eigenvalue weighted by atomic mass is 19.4. The first-order chi connectivity index (χ1) is 11.4. The van der Waals surface area contributed by atoms with Crippen molar-refractivity contribution >= 4 is 0 Å². The standard InChI is InChI=1S/C18H21F3O3/c1-12-15(22-11-3-6-13-4-2-5-13)9-10-16(23-14-7-8-14)17(12)24-18(19,20)21/h3,6,9-10,13-14H,2,4-5,7-8,11H2,1H3/b6-3+. The minimum absolute atomic E-state index is 0.0165. The molecule has 2 aliphatic rings. The van der Waals surface area contributed by atoms with Crippen molar-refractivity contribution in [2.75, 3.05) is 6.61 Å². The fraction of sp³-hybridized carbons (Fsp3) is 0.556. The summed E-state index contributed by atoms with van der Waals surface area (Å²) in [6.07, 6.45) is 4.61. The highest BCUT2D eigenvalue weighted by Gasteiger charge is 2.35. The maximum absolute atomic E-state index is 12.7. The molecule has 1 aromatic carbocycles. The van der Waals surface area contributed by atoms with Gasteiger partial charge in [0.2, 0.25) is 0 Å². The molecule has 0 heterocycles. The molecule has 132 valence electrons. The number of ether oxygens (including phenoxy) is 3. The van der Waals surface area contributed by atoms with Gasteiger partial charge in [-0.15, -0.1) is 13.2 Å². The van der Waals surface area contributed by atoms with Crippen LogP contribution < -0.4 is 14.2 Å². The lowest BCUT2D eigenvalue weighted by atomic mass is 9.85. The third kappa shape index (κ3) is 4.58. The number of hydrogen-bond donors (Lipinski definition) is 0. The Morgan fingerprint density at radius 1 is 1.12 bits per heavy atom. The van der Waals surface area contributed by atoms with Crippen molar-refractivity contribution in [3.05, 3.63) is 29.8 Å². The molecular formula is C18H21F3O3. The molecule has 0 N–H and O–H groups in total. The van der Waals surface area contributed by atoms with Crippen LogP contribution in [0.25, 0.3) is 0 Å². The smallest absolute Gasteiger partial charge is 0.489 e. The van der Waals surface area contributed by atoms with Gasteiger partial charge in [-0.05, 0) is 50.7 Å². The molecule has 0 radical (unpaired) electrons. The normalized spacial score (nSPS) is 18.5. The Balaban J connectivity index is 1.71. The van der Waals surface area contributed by atoms with Crippen LogP contribution in [0.1, 0.15) is 37.7 Å². The van der Waals surface area contributed by atoms with Crippen LogP contribution in [0.15, 0.2) is 24.3 Å². The van der Waals surface area contributed by atoms with E-state index in [1.165, 1.54) is 25.3 Å².